The van der Waals surface area contributed by atoms with Gasteiger partial charge in [0.25, 0.3) is 0 Å². The molecule has 0 aliphatic carbocycles. The van der Waals surface area contributed by atoms with Crippen molar-refractivity contribution in [1.82, 2.24) is 9.80 Å². The van der Waals surface area contributed by atoms with Crippen LogP contribution in [0.15, 0.2) is 66.0 Å². The molecule has 0 saturated carbocycles. The monoisotopic (exact) mass is 516 g/mol. The van der Waals surface area contributed by atoms with Crippen LogP contribution in [-0.2, 0) is 27.8 Å². The Bertz CT molecular complexity index is 1190. The molecule has 0 bridgehead atoms. The summed E-state index contributed by atoms with van der Waals surface area (Å²) in [6.07, 6.45) is 1.96. The summed E-state index contributed by atoms with van der Waals surface area (Å²) in [5.41, 5.74) is 4.85. The predicted molar refractivity (Wildman–Crippen MR) is 153 cm³/mol. The first-order valence-corrected chi connectivity index (χ1v) is 14.3. The molecule has 196 valence electrons. The van der Waals surface area contributed by atoms with E-state index < -0.39 is 0 Å². The van der Waals surface area contributed by atoms with E-state index in [2.05, 4.69) is 70.3 Å². The van der Waals surface area contributed by atoms with Crippen molar-refractivity contribution in [3.63, 3.8) is 0 Å². The molecule has 0 fully saturated rings. The van der Waals surface area contributed by atoms with E-state index in [-0.39, 0.29) is 29.8 Å². The van der Waals surface area contributed by atoms with Crippen molar-refractivity contribution in [3.8, 4) is 0 Å². The molecule has 1 unspecified atom stereocenters. The minimum atomic E-state index is -0.114. The quantitative estimate of drug-likeness (QED) is 0.337. The number of amides is 2. The van der Waals surface area contributed by atoms with Crippen LogP contribution in [0.3, 0.4) is 0 Å². The summed E-state index contributed by atoms with van der Waals surface area (Å²) < 4.78 is 0. The fraction of sp³-hybridized carbons (Fsp3) is 0.438. The first-order valence-electron chi connectivity index (χ1n) is 13.4. The smallest absolute Gasteiger partial charge is 0.242 e. The fourth-order valence-corrected chi connectivity index (χ4v) is 6.02. The SMILES string of the molecule is CC(C)CN(CC(=O)N1CCc2sccc2C1c1ccc(C(C)(C)C)cc1)C(=O)CCc1ccccc1. The van der Waals surface area contributed by atoms with Gasteiger partial charge in [0.05, 0.1) is 12.6 Å². The molecule has 2 aromatic carbocycles. The molecular formula is C32H40N2O2S. The van der Waals surface area contributed by atoms with Gasteiger partial charge in [0.15, 0.2) is 0 Å². The first kappa shape index (κ1) is 27.1. The fourth-order valence-electron chi connectivity index (χ4n) is 5.11. The largest absolute Gasteiger partial charge is 0.333 e. The third kappa shape index (κ3) is 6.70. The zero-order chi connectivity index (χ0) is 26.6. The minimum absolute atomic E-state index is 0.0236. The molecule has 0 radical (unpaired) electrons. The number of carbonyl (C=O) groups excluding carboxylic acids is 2. The zero-order valence-corrected chi connectivity index (χ0v) is 23.7. The summed E-state index contributed by atoms with van der Waals surface area (Å²) in [5.74, 6) is 0.361. The van der Waals surface area contributed by atoms with Crippen LogP contribution in [0.2, 0.25) is 0 Å². The molecule has 0 N–H and O–H groups in total. The Morgan fingerprint density at radius 1 is 1.03 bits per heavy atom. The van der Waals surface area contributed by atoms with Crippen molar-refractivity contribution in [2.75, 3.05) is 19.6 Å². The normalized spacial score (nSPS) is 15.5. The van der Waals surface area contributed by atoms with Gasteiger partial charge in [-0.3, -0.25) is 9.59 Å². The van der Waals surface area contributed by atoms with Crippen LogP contribution in [0.1, 0.15) is 74.2 Å². The van der Waals surface area contributed by atoms with E-state index in [1.165, 1.54) is 16.0 Å². The molecule has 5 heteroatoms. The molecule has 0 spiro atoms. The molecule has 1 aromatic heterocycles. The van der Waals surface area contributed by atoms with Crippen molar-refractivity contribution in [2.45, 2.75) is 65.3 Å². The maximum absolute atomic E-state index is 13.8. The maximum atomic E-state index is 13.8. The summed E-state index contributed by atoms with van der Waals surface area (Å²) in [6.45, 7) is 12.2. The highest BCUT2D eigenvalue weighted by atomic mass is 32.1. The Labute approximate surface area is 226 Å². The third-order valence-corrected chi connectivity index (χ3v) is 8.11. The Kier molecular flexibility index (Phi) is 8.53. The lowest BCUT2D eigenvalue weighted by atomic mass is 9.85. The number of thiophene rings is 1. The second kappa shape index (κ2) is 11.6. The molecule has 1 aliphatic heterocycles. The number of carbonyl (C=O) groups is 2. The Morgan fingerprint density at radius 3 is 2.38 bits per heavy atom. The van der Waals surface area contributed by atoms with E-state index in [0.717, 1.165) is 17.5 Å². The lowest BCUT2D eigenvalue weighted by molar-refractivity contribution is -0.142. The topological polar surface area (TPSA) is 40.6 Å². The number of fused-ring (bicyclic) bond motifs is 1. The molecule has 0 saturated heterocycles. The predicted octanol–water partition coefficient (Wildman–Crippen LogP) is 6.64. The standard InChI is InChI=1S/C32H40N2O2S/c1-23(2)21-33(29(35)16-11-24-9-7-6-8-10-24)22-30(36)34-19-17-28-27(18-20-37-28)31(34)25-12-14-26(15-13-25)32(3,4)5/h6-10,12-15,18,20,23,31H,11,16-17,19,21-22H2,1-5H3. The zero-order valence-electron chi connectivity index (χ0n) is 22.9. The van der Waals surface area contributed by atoms with Crippen LogP contribution in [-0.4, -0.2) is 41.2 Å². The van der Waals surface area contributed by atoms with Gasteiger partial charge in [-0.15, -0.1) is 11.3 Å². The van der Waals surface area contributed by atoms with Gasteiger partial charge in [0.2, 0.25) is 11.8 Å². The Balaban J connectivity index is 1.54. The van der Waals surface area contributed by atoms with Crippen LogP contribution < -0.4 is 0 Å². The third-order valence-electron chi connectivity index (χ3n) is 7.11. The highest BCUT2D eigenvalue weighted by Gasteiger charge is 2.34. The number of benzene rings is 2. The molecule has 37 heavy (non-hydrogen) atoms. The van der Waals surface area contributed by atoms with Gasteiger partial charge in [-0.25, -0.2) is 0 Å². The number of hydrogen-bond acceptors (Lipinski definition) is 3. The van der Waals surface area contributed by atoms with E-state index in [0.29, 0.717) is 31.8 Å². The first-order chi connectivity index (χ1) is 17.6. The van der Waals surface area contributed by atoms with Crippen molar-refractivity contribution < 1.29 is 9.59 Å². The van der Waals surface area contributed by atoms with Crippen molar-refractivity contribution in [3.05, 3.63) is 93.2 Å². The van der Waals surface area contributed by atoms with Crippen LogP contribution in [0.4, 0.5) is 0 Å². The van der Waals surface area contributed by atoms with E-state index in [1.807, 2.05) is 35.2 Å². The number of aryl methyl sites for hydroxylation is 1. The van der Waals surface area contributed by atoms with Gasteiger partial charge in [0.1, 0.15) is 0 Å². The minimum Gasteiger partial charge on any atom is -0.333 e. The second-order valence-corrected chi connectivity index (χ2v) is 12.6. The van der Waals surface area contributed by atoms with E-state index in [1.54, 1.807) is 16.2 Å². The average Bonchev–Trinajstić information content (AvgIpc) is 3.35. The maximum Gasteiger partial charge on any atom is 0.242 e. The van der Waals surface area contributed by atoms with Crippen molar-refractivity contribution >= 4 is 23.2 Å². The molecule has 1 atom stereocenters. The van der Waals surface area contributed by atoms with Crippen molar-refractivity contribution in [1.29, 1.82) is 0 Å². The van der Waals surface area contributed by atoms with Gasteiger partial charge < -0.3 is 9.80 Å². The lowest BCUT2D eigenvalue weighted by Crippen LogP contribution is -2.47. The van der Waals surface area contributed by atoms with Crippen LogP contribution in [0, 0.1) is 5.92 Å². The van der Waals surface area contributed by atoms with Gasteiger partial charge >= 0.3 is 0 Å². The van der Waals surface area contributed by atoms with Gasteiger partial charge in [-0.1, -0.05) is 89.2 Å². The Morgan fingerprint density at radius 2 is 1.73 bits per heavy atom. The summed E-state index contributed by atoms with van der Waals surface area (Å²) in [6, 6.07) is 20.9. The van der Waals surface area contributed by atoms with Crippen LogP contribution >= 0.6 is 11.3 Å². The van der Waals surface area contributed by atoms with E-state index in [9.17, 15) is 9.59 Å². The van der Waals surface area contributed by atoms with E-state index >= 15 is 0 Å². The lowest BCUT2D eigenvalue weighted by Gasteiger charge is -2.38. The van der Waals surface area contributed by atoms with Gasteiger partial charge in [-0.2, -0.15) is 0 Å². The Hall–Kier alpha value is -2.92. The van der Waals surface area contributed by atoms with Gasteiger partial charge in [-0.05, 0) is 57.9 Å². The highest BCUT2D eigenvalue weighted by molar-refractivity contribution is 7.10. The molecular weight excluding hydrogens is 476 g/mol. The number of rotatable bonds is 8. The summed E-state index contributed by atoms with van der Waals surface area (Å²) in [7, 11) is 0. The molecule has 2 amide bonds. The van der Waals surface area contributed by atoms with Crippen LogP contribution in [0.5, 0.6) is 0 Å². The summed E-state index contributed by atoms with van der Waals surface area (Å²) in [4.78, 5) is 32.2. The highest BCUT2D eigenvalue weighted by Crippen LogP contribution is 2.38. The van der Waals surface area contributed by atoms with Crippen molar-refractivity contribution in [2.24, 2.45) is 5.92 Å². The summed E-state index contributed by atoms with van der Waals surface area (Å²) >= 11 is 1.77. The number of nitrogens with zero attached hydrogens (tertiary/aromatic N) is 2. The molecule has 2 heterocycles. The molecule has 1 aliphatic rings. The summed E-state index contributed by atoms with van der Waals surface area (Å²) in [5, 5.41) is 2.13. The second-order valence-electron chi connectivity index (χ2n) is 11.6. The van der Waals surface area contributed by atoms with Crippen LogP contribution in [0.25, 0.3) is 0 Å². The number of hydrogen-bond donors (Lipinski definition) is 0. The molecule has 4 rings (SSSR count). The van der Waals surface area contributed by atoms with E-state index in [4.69, 9.17) is 0 Å². The average molecular weight is 517 g/mol. The molecule has 4 nitrogen and oxygen atoms in total. The molecule has 3 aromatic rings. The van der Waals surface area contributed by atoms with Gasteiger partial charge in [0, 0.05) is 24.4 Å².